The smallest absolute Gasteiger partial charge is 0.123 e. The summed E-state index contributed by atoms with van der Waals surface area (Å²) in [7, 11) is 1.68. The van der Waals surface area contributed by atoms with Crippen LogP contribution in [0.15, 0.2) is 24.3 Å². The van der Waals surface area contributed by atoms with Gasteiger partial charge in [0.15, 0.2) is 0 Å². The van der Waals surface area contributed by atoms with Gasteiger partial charge in [-0.15, -0.1) is 0 Å². The molecule has 0 spiro atoms. The fourth-order valence-electron chi connectivity index (χ4n) is 1.60. The molecule has 0 aromatic heterocycles. The van der Waals surface area contributed by atoms with E-state index in [1.165, 1.54) is 0 Å². The number of para-hydroxylation sites is 1. The van der Waals surface area contributed by atoms with E-state index in [9.17, 15) is 0 Å². The Morgan fingerprint density at radius 1 is 1.38 bits per heavy atom. The molecule has 0 radical (unpaired) electrons. The first-order valence-corrected chi connectivity index (χ1v) is 5.75. The molecule has 0 amide bonds. The minimum atomic E-state index is 0.245. The van der Waals surface area contributed by atoms with Crippen molar-refractivity contribution in [1.29, 1.82) is 0 Å². The van der Waals surface area contributed by atoms with Gasteiger partial charge in [-0.05, 0) is 18.4 Å². The summed E-state index contributed by atoms with van der Waals surface area (Å²) >= 11 is 0. The lowest BCUT2D eigenvalue weighted by atomic mass is 10.1. The van der Waals surface area contributed by atoms with Crippen molar-refractivity contribution in [2.45, 2.75) is 19.9 Å². The quantitative estimate of drug-likeness (QED) is 0.740. The molecule has 0 bridgehead atoms. The topological polar surface area (TPSA) is 41.5 Å². The van der Waals surface area contributed by atoms with Gasteiger partial charge in [-0.25, -0.2) is 0 Å². The Bertz CT molecular complexity index is 298. The molecule has 1 unspecified atom stereocenters. The van der Waals surface area contributed by atoms with Gasteiger partial charge in [0.2, 0.25) is 0 Å². The summed E-state index contributed by atoms with van der Waals surface area (Å²) in [6, 6.07) is 7.97. The lowest BCUT2D eigenvalue weighted by Gasteiger charge is -2.13. The molecular formula is C13H21NO2. The van der Waals surface area contributed by atoms with Crippen molar-refractivity contribution in [2.75, 3.05) is 20.3 Å². The van der Waals surface area contributed by atoms with E-state index in [1.54, 1.807) is 7.11 Å². The maximum absolute atomic E-state index is 9.06. The number of rotatable bonds is 7. The molecular weight excluding hydrogens is 202 g/mol. The highest BCUT2D eigenvalue weighted by Crippen LogP contribution is 2.16. The third-order valence-electron chi connectivity index (χ3n) is 2.78. The van der Waals surface area contributed by atoms with Crippen molar-refractivity contribution < 1.29 is 9.84 Å². The molecule has 0 saturated heterocycles. The SMILES string of the molecule is CCC(CO)CNCc1ccccc1OC. The summed E-state index contributed by atoms with van der Waals surface area (Å²) in [5, 5.41) is 12.4. The summed E-state index contributed by atoms with van der Waals surface area (Å²) in [5.74, 6) is 1.25. The van der Waals surface area contributed by atoms with Crippen molar-refractivity contribution in [1.82, 2.24) is 5.32 Å². The number of ether oxygens (including phenoxy) is 1. The van der Waals surface area contributed by atoms with Crippen LogP contribution >= 0.6 is 0 Å². The average Bonchev–Trinajstić information content (AvgIpc) is 2.35. The fourth-order valence-corrected chi connectivity index (χ4v) is 1.60. The van der Waals surface area contributed by atoms with Crippen molar-refractivity contribution in [3.8, 4) is 5.75 Å². The predicted molar refractivity (Wildman–Crippen MR) is 65.6 cm³/mol. The molecule has 0 heterocycles. The number of methoxy groups -OCH3 is 1. The van der Waals surface area contributed by atoms with Gasteiger partial charge < -0.3 is 15.2 Å². The lowest BCUT2D eigenvalue weighted by Crippen LogP contribution is -2.24. The first-order chi connectivity index (χ1) is 7.81. The molecule has 2 N–H and O–H groups in total. The van der Waals surface area contributed by atoms with Crippen molar-refractivity contribution in [3.63, 3.8) is 0 Å². The Morgan fingerprint density at radius 2 is 2.12 bits per heavy atom. The largest absolute Gasteiger partial charge is 0.496 e. The number of aliphatic hydroxyl groups is 1. The minimum absolute atomic E-state index is 0.245. The van der Waals surface area contributed by atoms with Crippen LogP contribution in [0.4, 0.5) is 0 Å². The Hall–Kier alpha value is -1.06. The average molecular weight is 223 g/mol. The van der Waals surface area contributed by atoms with E-state index in [1.807, 2.05) is 24.3 Å². The second-order valence-electron chi connectivity index (χ2n) is 3.90. The number of hydrogen-bond donors (Lipinski definition) is 2. The molecule has 90 valence electrons. The van der Waals surface area contributed by atoms with Crippen LogP contribution in [0.1, 0.15) is 18.9 Å². The molecule has 0 saturated carbocycles. The molecule has 0 aliphatic heterocycles. The van der Waals surface area contributed by atoms with Gasteiger partial charge in [-0.1, -0.05) is 25.1 Å². The van der Waals surface area contributed by atoms with Gasteiger partial charge in [0.25, 0.3) is 0 Å². The molecule has 1 rings (SSSR count). The van der Waals surface area contributed by atoms with Gasteiger partial charge in [0.05, 0.1) is 7.11 Å². The number of hydrogen-bond acceptors (Lipinski definition) is 3. The van der Waals surface area contributed by atoms with E-state index in [0.717, 1.165) is 30.8 Å². The van der Waals surface area contributed by atoms with Crippen LogP contribution in [-0.2, 0) is 6.54 Å². The van der Waals surface area contributed by atoms with E-state index < -0.39 is 0 Å². The zero-order chi connectivity index (χ0) is 11.8. The Morgan fingerprint density at radius 3 is 2.75 bits per heavy atom. The summed E-state index contributed by atoms with van der Waals surface area (Å²) in [4.78, 5) is 0. The molecule has 1 aromatic rings. The van der Waals surface area contributed by atoms with Crippen molar-refractivity contribution in [3.05, 3.63) is 29.8 Å². The van der Waals surface area contributed by atoms with E-state index in [4.69, 9.17) is 9.84 Å². The Kier molecular flexibility index (Phi) is 5.90. The fraction of sp³-hybridized carbons (Fsp3) is 0.538. The number of nitrogens with one attached hydrogen (secondary N) is 1. The van der Waals surface area contributed by atoms with Crippen LogP contribution in [0.5, 0.6) is 5.75 Å². The van der Waals surface area contributed by atoms with E-state index >= 15 is 0 Å². The van der Waals surface area contributed by atoms with E-state index in [0.29, 0.717) is 5.92 Å². The maximum atomic E-state index is 9.06. The van der Waals surface area contributed by atoms with E-state index in [-0.39, 0.29) is 6.61 Å². The Labute approximate surface area is 97.4 Å². The summed E-state index contributed by atoms with van der Waals surface area (Å²) in [6.45, 7) is 3.95. The number of benzene rings is 1. The minimum Gasteiger partial charge on any atom is -0.496 e. The van der Waals surface area contributed by atoms with Gasteiger partial charge in [0.1, 0.15) is 5.75 Å². The number of aliphatic hydroxyl groups excluding tert-OH is 1. The van der Waals surface area contributed by atoms with Gasteiger partial charge >= 0.3 is 0 Å². The van der Waals surface area contributed by atoms with Crippen LogP contribution in [0.2, 0.25) is 0 Å². The standard InChI is InChI=1S/C13H21NO2/c1-3-11(10-15)8-14-9-12-6-4-5-7-13(12)16-2/h4-7,11,14-15H,3,8-10H2,1-2H3. The second kappa shape index (κ2) is 7.25. The van der Waals surface area contributed by atoms with Crippen LogP contribution < -0.4 is 10.1 Å². The van der Waals surface area contributed by atoms with Crippen molar-refractivity contribution >= 4 is 0 Å². The summed E-state index contributed by atoms with van der Waals surface area (Å²) in [5.41, 5.74) is 1.15. The zero-order valence-corrected chi connectivity index (χ0v) is 10.1. The first kappa shape index (κ1) is 13.0. The predicted octanol–water partition coefficient (Wildman–Crippen LogP) is 1.80. The lowest BCUT2D eigenvalue weighted by molar-refractivity contribution is 0.218. The molecule has 0 aliphatic carbocycles. The normalized spacial score (nSPS) is 12.4. The third kappa shape index (κ3) is 3.83. The monoisotopic (exact) mass is 223 g/mol. The molecule has 0 fully saturated rings. The molecule has 3 nitrogen and oxygen atoms in total. The zero-order valence-electron chi connectivity index (χ0n) is 10.1. The second-order valence-corrected chi connectivity index (χ2v) is 3.90. The molecule has 1 aromatic carbocycles. The molecule has 3 heteroatoms. The highest BCUT2D eigenvalue weighted by molar-refractivity contribution is 5.32. The highest BCUT2D eigenvalue weighted by atomic mass is 16.5. The first-order valence-electron chi connectivity index (χ1n) is 5.75. The summed E-state index contributed by atoms with van der Waals surface area (Å²) < 4.78 is 5.27. The summed E-state index contributed by atoms with van der Waals surface area (Å²) in [6.07, 6.45) is 0.995. The van der Waals surface area contributed by atoms with Crippen LogP contribution in [0.25, 0.3) is 0 Å². The Balaban J connectivity index is 2.42. The van der Waals surface area contributed by atoms with Crippen LogP contribution in [0.3, 0.4) is 0 Å². The maximum Gasteiger partial charge on any atom is 0.123 e. The molecule has 0 aliphatic rings. The van der Waals surface area contributed by atoms with Crippen LogP contribution in [-0.4, -0.2) is 25.4 Å². The van der Waals surface area contributed by atoms with Gasteiger partial charge in [-0.3, -0.25) is 0 Å². The molecule has 1 atom stereocenters. The van der Waals surface area contributed by atoms with E-state index in [2.05, 4.69) is 12.2 Å². The third-order valence-corrected chi connectivity index (χ3v) is 2.78. The van der Waals surface area contributed by atoms with Crippen LogP contribution in [0, 0.1) is 5.92 Å². The van der Waals surface area contributed by atoms with Gasteiger partial charge in [-0.2, -0.15) is 0 Å². The van der Waals surface area contributed by atoms with Gasteiger partial charge in [0, 0.05) is 25.3 Å². The van der Waals surface area contributed by atoms with Crippen molar-refractivity contribution in [2.24, 2.45) is 5.92 Å². The highest BCUT2D eigenvalue weighted by Gasteiger charge is 2.05. The molecule has 16 heavy (non-hydrogen) atoms.